The molecule has 0 aliphatic rings. The summed E-state index contributed by atoms with van der Waals surface area (Å²) in [4.78, 5) is 23.2. The van der Waals surface area contributed by atoms with Gasteiger partial charge in [-0.1, -0.05) is 0 Å². The summed E-state index contributed by atoms with van der Waals surface area (Å²) in [7, 11) is 1.79. The molecule has 0 spiro atoms. The lowest BCUT2D eigenvalue weighted by molar-refractivity contribution is -0.130. The highest BCUT2D eigenvalue weighted by Crippen LogP contribution is 1.96. The molecule has 5 heteroatoms. The number of nitrogens with zero attached hydrogens (tertiary/aromatic N) is 1. The monoisotopic (exact) mass is 267 g/mol. The molecular formula is C6H11BINO2. The summed E-state index contributed by atoms with van der Waals surface area (Å²) in [5, 5.41) is 0. The van der Waals surface area contributed by atoms with Crippen molar-refractivity contribution in [1.82, 2.24) is 4.90 Å². The Kier molecular flexibility index (Phi) is 5.54. The molecule has 0 radical (unpaired) electrons. The van der Waals surface area contributed by atoms with Crippen LogP contribution in [0.3, 0.4) is 0 Å². The zero-order valence-electron chi connectivity index (χ0n) is 6.76. The van der Waals surface area contributed by atoms with E-state index in [-0.39, 0.29) is 16.2 Å². The topological polar surface area (TPSA) is 37.4 Å². The first-order valence-electron chi connectivity index (χ1n) is 3.57. The van der Waals surface area contributed by atoms with Crippen LogP contribution in [0.5, 0.6) is 0 Å². The third kappa shape index (κ3) is 4.39. The van der Waals surface area contributed by atoms with Crippen LogP contribution in [0.4, 0.5) is 0 Å². The number of carbonyl (C=O) groups is 2. The minimum Gasteiger partial charge on any atom is -0.335 e. The Morgan fingerprint density at radius 2 is 2.09 bits per heavy atom. The van der Waals surface area contributed by atoms with E-state index in [0.717, 1.165) is 0 Å². The summed E-state index contributed by atoms with van der Waals surface area (Å²) in [6.07, 6.45) is 0.470. The molecule has 0 N–H and O–H groups in total. The summed E-state index contributed by atoms with van der Waals surface area (Å²) in [6.45, 7) is 2.72. The summed E-state index contributed by atoms with van der Waals surface area (Å²) < 4.78 is 0.00579. The quantitative estimate of drug-likeness (QED) is 0.403. The summed E-state index contributed by atoms with van der Waals surface area (Å²) in [5.41, 5.74) is 0. The smallest absolute Gasteiger partial charge is 0.215 e. The van der Waals surface area contributed by atoms with E-state index >= 15 is 0 Å². The number of halogens is 1. The fourth-order valence-electron chi connectivity index (χ4n) is 0.750. The van der Waals surface area contributed by atoms with Crippen LogP contribution in [0.1, 0.15) is 6.92 Å². The van der Waals surface area contributed by atoms with Crippen molar-refractivity contribution >= 4 is 40.1 Å². The van der Waals surface area contributed by atoms with E-state index in [1.165, 1.54) is 0 Å². The Bertz CT molecular complexity index is 163. The lowest BCUT2D eigenvalue weighted by Gasteiger charge is -2.17. The minimum atomic E-state index is 0.00579. The normalized spacial score (nSPS) is 9.27. The van der Waals surface area contributed by atoms with Crippen molar-refractivity contribution in [2.75, 3.05) is 13.1 Å². The SMILES string of the molecule is BCC(=O)N(CC)CC(=O)I. The van der Waals surface area contributed by atoms with Gasteiger partial charge in [0.15, 0.2) is 0 Å². The predicted molar refractivity (Wildman–Crippen MR) is 54.6 cm³/mol. The maximum absolute atomic E-state index is 11.0. The molecule has 3 nitrogen and oxygen atoms in total. The fraction of sp³-hybridized carbons (Fsp3) is 0.667. The Morgan fingerprint density at radius 3 is 2.36 bits per heavy atom. The molecule has 11 heavy (non-hydrogen) atoms. The Balaban J connectivity index is 3.94. The number of hydrogen-bond donors (Lipinski definition) is 0. The molecule has 0 aromatic carbocycles. The van der Waals surface area contributed by atoms with Crippen molar-refractivity contribution in [3.8, 4) is 0 Å². The molecule has 0 atom stereocenters. The van der Waals surface area contributed by atoms with Gasteiger partial charge in [-0.2, -0.15) is 0 Å². The van der Waals surface area contributed by atoms with Gasteiger partial charge in [0.1, 0.15) is 7.85 Å². The van der Waals surface area contributed by atoms with E-state index in [0.29, 0.717) is 12.9 Å². The summed E-state index contributed by atoms with van der Waals surface area (Å²) >= 11 is 1.70. The van der Waals surface area contributed by atoms with E-state index in [9.17, 15) is 9.59 Å². The Hall–Kier alpha value is -0.0651. The average Bonchev–Trinajstić information content (AvgIpc) is 1.98. The number of amides is 1. The zero-order valence-corrected chi connectivity index (χ0v) is 8.92. The van der Waals surface area contributed by atoms with Crippen molar-refractivity contribution in [2.24, 2.45) is 0 Å². The van der Waals surface area contributed by atoms with Crippen LogP contribution in [0, 0.1) is 0 Å². The van der Waals surface area contributed by atoms with Gasteiger partial charge in [-0.25, -0.2) is 0 Å². The summed E-state index contributed by atoms with van der Waals surface area (Å²) in [6, 6.07) is 0. The molecule has 0 aliphatic heterocycles. The second-order valence-corrected chi connectivity index (χ2v) is 3.32. The molecule has 0 saturated carbocycles. The molecule has 0 aromatic heterocycles. The van der Waals surface area contributed by atoms with Gasteiger partial charge in [-0.15, -0.1) is 0 Å². The number of rotatable bonds is 4. The first-order chi connectivity index (χ1) is 5.11. The zero-order chi connectivity index (χ0) is 8.85. The molecule has 0 unspecified atom stereocenters. The maximum atomic E-state index is 11.0. The van der Waals surface area contributed by atoms with Gasteiger partial charge >= 0.3 is 0 Å². The van der Waals surface area contributed by atoms with Gasteiger partial charge in [-0.05, 0) is 13.2 Å². The van der Waals surface area contributed by atoms with Gasteiger partial charge in [0.05, 0.1) is 6.54 Å². The van der Waals surface area contributed by atoms with Crippen LogP contribution in [-0.2, 0) is 9.59 Å². The van der Waals surface area contributed by atoms with Crippen molar-refractivity contribution in [1.29, 1.82) is 0 Å². The minimum absolute atomic E-state index is 0.00579. The highest BCUT2D eigenvalue weighted by Gasteiger charge is 2.10. The molecule has 0 rings (SSSR count). The van der Waals surface area contributed by atoms with Gasteiger partial charge in [0.2, 0.25) is 9.70 Å². The molecule has 0 bridgehead atoms. The van der Waals surface area contributed by atoms with Crippen molar-refractivity contribution in [2.45, 2.75) is 13.2 Å². The lowest BCUT2D eigenvalue weighted by atomic mass is 10.0. The van der Waals surface area contributed by atoms with Gasteiger partial charge < -0.3 is 4.90 Å². The van der Waals surface area contributed by atoms with Crippen LogP contribution in [0.25, 0.3) is 0 Å². The van der Waals surface area contributed by atoms with E-state index in [2.05, 4.69) is 0 Å². The Labute approximate surface area is 81.1 Å². The number of hydrogen-bond acceptors (Lipinski definition) is 2. The van der Waals surface area contributed by atoms with E-state index in [4.69, 9.17) is 0 Å². The van der Waals surface area contributed by atoms with Gasteiger partial charge in [0.25, 0.3) is 0 Å². The van der Waals surface area contributed by atoms with Crippen LogP contribution < -0.4 is 0 Å². The molecule has 0 heterocycles. The third-order valence-electron chi connectivity index (χ3n) is 1.35. The van der Waals surface area contributed by atoms with E-state index < -0.39 is 0 Å². The molecule has 0 aromatic rings. The molecular weight excluding hydrogens is 256 g/mol. The van der Waals surface area contributed by atoms with Crippen molar-refractivity contribution < 1.29 is 9.59 Å². The second-order valence-electron chi connectivity index (χ2n) is 2.12. The van der Waals surface area contributed by atoms with E-state index in [1.807, 2.05) is 6.92 Å². The highest BCUT2D eigenvalue weighted by atomic mass is 127. The molecule has 62 valence electrons. The van der Waals surface area contributed by atoms with Crippen molar-refractivity contribution in [3.05, 3.63) is 0 Å². The van der Waals surface area contributed by atoms with Crippen LogP contribution in [-0.4, -0.2) is 35.5 Å². The summed E-state index contributed by atoms with van der Waals surface area (Å²) in [5.74, 6) is 0.0394. The third-order valence-corrected chi connectivity index (χ3v) is 1.69. The Morgan fingerprint density at radius 1 is 1.55 bits per heavy atom. The van der Waals surface area contributed by atoms with Crippen LogP contribution in [0.2, 0.25) is 6.32 Å². The van der Waals surface area contributed by atoms with Crippen LogP contribution >= 0.6 is 22.6 Å². The van der Waals surface area contributed by atoms with Crippen LogP contribution in [0.15, 0.2) is 0 Å². The second kappa shape index (κ2) is 5.57. The largest absolute Gasteiger partial charge is 0.335 e. The first kappa shape index (κ1) is 10.9. The molecule has 0 fully saturated rings. The predicted octanol–water partition coefficient (Wildman–Crippen LogP) is -0.152. The molecule has 1 amide bonds. The fourth-order valence-corrected chi connectivity index (χ4v) is 1.16. The van der Waals surface area contributed by atoms with E-state index in [1.54, 1.807) is 35.3 Å². The lowest BCUT2D eigenvalue weighted by Crippen LogP contribution is -2.33. The van der Waals surface area contributed by atoms with Crippen molar-refractivity contribution in [3.63, 3.8) is 0 Å². The van der Waals surface area contributed by atoms with Gasteiger partial charge in [-0.3, -0.25) is 9.59 Å². The molecule has 0 saturated heterocycles. The maximum Gasteiger partial charge on any atom is 0.215 e. The highest BCUT2D eigenvalue weighted by molar-refractivity contribution is 14.1. The van der Waals surface area contributed by atoms with Gasteiger partial charge in [0, 0.05) is 29.1 Å². The molecule has 0 aliphatic carbocycles. The average molecular weight is 267 g/mol. The number of carbonyl (C=O) groups excluding carboxylic acids is 2. The first-order valence-corrected chi connectivity index (χ1v) is 4.65. The standard InChI is InChI=1S/C6H11BINO2/c1-2-9(4-5(8)10)6(11)3-7/h2-4,7H2,1H3. The number of likely N-dealkylation sites (N-methyl/N-ethyl adjacent to an activating group) is 1.